The maximum atomic E-state index is 11.0. The van der Waals surface area contributed by atoms with E-state index in [4.69, 9.17) is 23.5 Å². The molecule has 4 heterocycles. The molecular formula is C58H44BN2O4. The number of benzene rings is 7. The van der Waals surface area contributed by atoms with Gasteiger partial charge in [0, 0.05) is 56.2 Å². The summed E-state index contributed by atoms with van der Waals surface area (Å²) in [6, 6.07) is 60.6. The second kappa shape index (κ2) is 15.9. The van der Waals surface area contributed by atoms with E-state index in [2.05, 4.69) is 127 Å². The molecule has 0 spiro atoms. The SMILES string of the molecule is CC(C)(O)C(C)(C)O[B]c1cc(-c2ccccc2-c2ccc(-c3ccc4oc5ccccc5c4c3)nc2)cc(-c2ccccc2-c2ccc(-c3ccc4oc5ccccc5c4c3)nc2)c1. The maximum absolute atomic E-state index is 11.0. The van der Waals surface area contributed by atoms with Gasteiger partial charge in [0.1, 0.15) is 22.3 Å². The lowest BCUT2D eigenvalue weighted by molar-refractivity contribution is -0.0893. The van der Waals surface area contributed by atoms with Crippen LogP contribution in [0.1, 0.15) is 27.7 Å². The van der Waals surface area contributed by atoms with E-state index in [0.29, 0.717) is 0 Å². The van der Waals surface area contributed by atoms with Crippen LogP contribution in [0, 0.1) is 0 Å². The highest BCUT2D eigenvalue weighted by atomic mass is 16.5. The van der Waals surface area contributed by atoms with Gasteiger partial charge in [-0.2, -0.15) is 0 Å². The molecule has 1 radical (unpaired) electrons. The monoisotopic (exact) mass is 843 g/mol. The zero-order valence-corrected chi connectivity index (χ0v) is 36.5. The molecule has 1 N–H and O–H groups in total. The lowest BCUT2D eigenvalue weighted by Crippen LogP contribution is -2.49. The second-order valence-corrected chi connectivity index (χ2v) is 17.7. The number of para-hydroxylation sites is 2. The molecule has 0 fully saturated rings. The number of fused-ring (bicyclic) bond motifs is 6. The molecule has 0 aliphatic carbocycles. The van der Waals surface area contributed by atoms with Crippen molar-refractivity contribution in [2.45, 2.75) is 38.9 Å². The van der Waals surface area contributed by atoms with Crippen molar-refractivity contribution in [1.29, 1.82) is 0 Å². The van der Waals surface area contributed by atoms with Gasteiger partial charge in [0.2, 0.25) is 0 Å². The van der Waals surface area contributed by atoms with Gasteiger partial charge in [0.05, 0.1) is 22.6 Å². The van der Waals surface area contributed by atoms with Crippen LogP contribution in [0.3, 0.4) is 0 Å². The number of hydrogen-bond acceptors (Lipinski definition) is 6. The van der Waals surface area contributed by atoms with E-state index in [-0.39, 0.29) is 0 Å². The molecule has 0 bridgehead atoms. The number of hydrogen-bond donors (Lipinski definition) is 1. The summed E-state index contributed by atoms with van der Waals surface area (Å²) in [6.45, 7) is 7.33. The molecule has 4 aromatic heterocycles. The Kier molecular flexibility index (Phi) is 9.83. The van der Waals surface area contributed by atoms with E-state index < -0.39 is 11.2 Å². The molecule has 0 aliphatic heterocycles. The van der Waals surface area contributed by atoms with E-state index in [1.54, 1.807) is 21.3 Å². The molecule has 0 amide bonds. The van der Waals surface area contributed by atoms with Gasteiger partial charge < -0.3 is 18.6 Å². The number of rotatable bonds is 10. The highest BCUT2D eigenvalue weighted by Gasteiger charge is 2.36. The van der Waals surface area contributed by atoms with E-state index >= 15 is 0 Å². The molecule has 0 atom stereocenters. The summed E-state index contributed by atoms with van der Waals surface area (Å²) >= 11 is 0. The minimum absolute atomic E-state index is 0.857. The van der Waals surface area contributed by atoms with Crippen LogP contribution < -0.4 is 5.46 Å². The summed E-state index contributed by atoms with van der Waals surface area (Å²) in [6.07, 6.45) is 3.91. The summed E-state index contributed by atoms with van der Waals surface area (Å²) in [5.74, 6) is 0. The van der Waals surface area contributed by atoms with Gasteiger partial charge in [-0.05, 0) is 128 Å². The van der Waals surface area contributed by atoms with Crippen molar-refractivity contribution in [1.82, 2.24) is 9.97 Å². The quantitative estimate of drug-likeness (QED) is 0.138. The summed E-state index contributed by atoms with van der Waals surface area (Å²) in [5, 5.41) is 15.3. The molecule has 0 saturated heterocycles. The molecule has 0 aliphatic rings. The van der Waals surface area contributed by atoms with Crippen molar-refractivity contribution < 1.29 is 18.6 Å². The van der Waals surface area contributed by atoms with Crippen molar-refractivity contribution in [3.63, 3.8) is 0 Å². The lowest BCUT2D eigenvalue weighted by Gasteiger charge is -2.37. The third-order valence-corrected chi connectivity index (χ3v) is 12.9. The van der Waals surface area contributed by atoms with Crippen LogP contribution in [0.25, 0.3) is 111 Å². The molecule has 0 unspecified atom stereocenters. The van der Waals surface area contributed by atoms with E-state index in [9.17, 15) is 5.11 Å². The van der Waals surface area contributed by atoms with Crippen LogP contribution in [0.15, 0.2) is 197 Å². The molecule has 7 aromatic carbocycles. The lowest BCUT2D eigenvalue weighted by atomic mass is 9.79. The highest BCUT2D eigenvalue weighted by Crippen LogP contribution is 2.39. The van der Waals surface area contributed by atoms with Gasteiger partial charge in [0.25, 0.3) is 0 Å². The first-order valence-corrected chi connectivity index (χ1v) is 21.9. The predicted octanol–water partition coefficient (Wildman–Crippen LogP) is 14.1. The zero-order valence-electron chi connectivity index (χ0n) is 36.5. The Balaban J connectivity index is 0.960. The molecule has 65 heavy (non-hydrogen) atoms. The van der Waals surface area contributed by atoms with E-state index in [1.807, 2.05) is 74.8 Å². The Morgan fingerprint density at radius 3 is 1.25 bits per heavy atom. The Bertz CT molecular complexity index is 3340. The second-order valence-electron chi connectivity index (χ2n) is 17.7. The minimum Gasteiger partial charge on any atom is -0.456 e. The maximum Gasteiger partial charge on any atom is 0.330 e. The van der Waals surface area contributed by atoms with Crippen molar-refractivity contribution in [2.24, 2.45) is 0 Å². The van der Waals surface area contributed by atoms with Gasteiger partial charge in [0.15, 0.2) is 0 Å². The Hall–Kier alpha value is -7.58. The summed E-state index contributed by atoms with van der Waals surface area (Å²) in [5.41, 5.74) is 14.5. The van der Waals surface area contributed by atoms with E-state index in [0.717, 1.165) is 116 Å². The fraction of sp³-hybridized carbons (Fsp3) is 0.103. The van der Waals surface area contributed by atoms with Crippen LogP contribution in [0.5, 0.6) is 0 Å². The first-order chi connectivity index (χ1) is 31.6. The molecular weight excluding hydrogens is 799 g/mol. The van der Waals surface area contributed by atoms with Gasteiger partial charge in [-0.15, -0.1) is 0 Å². The van der Waals surface area contributed by atoms with Crippen LogP contribution in [-0.2, 0) is 4.65 Å². The Morgan fingerprint density at radius 2 is 0.815 bits per heavy atom. The average Bonchev–Trinajstić information content (AvgIpc) is 3.91. The van der Waals surface area contributed by atoms with Crippen LogP contribution in [0.4, 0.5) is 0 Å². The Morgan fingerprint density at radius 1 is 0.415 bits per heavy atom. The van der Waals surface area contributed by atoms with Gasteiger partial charge in [-0.1, -0.05) is 115 Å². The van der Waals surface area contributed by atoms with Crippen molar-refractivity contribution in [2.75, 3.05) is 0 Å². The highest BCUT2D eigenvalue weighted by molar-refractivity contribution is 6.47. The number of pyridine rings is 2. The first-order valence-electron chi connectivity index (χ1n) is 21.9. The summed E-state index contributed by atoms with van der Waals surface area (Å²) in [4.78, 5) is 9.99. The third kappa shape index (κ3) is 7.49. The van der Waals surface area contributed by atoms with Crippen molar-refractivity contribution >= 4 is 56.8 Å². The van der Waals surface area contributed by atoms with Crippen molar-refractivity contribution in [3.8, 4) is 67.0 Å². The standard InChI is InChI=1S/C58H44BN2O4/c1-57(2,62)58(3,4)65-59-42-30-40(45-15-7-5-13-43(45)38-21-25-51(60-34-38)36-23-27-55-49(32-36)47-17-9-11-19-53(47)63-55)29-41(31-42)46-16-8-6-14-44(46)39-22-26-52(61-35-39)37-24-28-56-50(33-37)48-18-10-12-20-54(48)64-56/h5-35,62H,1-4H3. The van der Waals surface area contributed by atoms with Crippen LogP contribution in [0.2, 0.25) is 0 Å². The van der Waals surface area contributed by atoms with Crippen molar-refractivity contribution in [3.05, 3.63) is 188 Å². The fourth-order valence-corrected chi connectivity index (χ4v) is 8.58. The molecule has 11 rings (SSSR count). The third-order valence-electron chi connectivity index (χ3n) is 12.9. The predicted molar refractivity (Wildman–Crippen MR) is 266 cm³/mol. The minimum atomic E-state index is -1.09. The number of aromatic nitrogens is 2. The van der Waals surface area contributed by atoms with Gasteiger partial charge in [-0.3, -0.25) is 9.97 Å². The zero-order chi connectivity index (χ0) is 44.3. The topological polar surface area (TPSA) is 81.5 Å². The summed E-state index contributed by atoms with van der Waals surface area (Å²) in [7, 11) is 1.77. The van der Waals surface area contributed by atoms with E-state index in [1.165, 1.54) is 0 Å². The smallest absolute Gasteiger partial charge is 0.330 e. The molecule has 313 valence electrons. The van der Waals surface area contributed by atoms with Crippen LogP contribution in [-0.4, -0.2) is 33.8 Å². The largest absolute Gasteiger partial charge is 0.456 e. The van der Waals surface area contributed by atoms with Gasteiger partial charge >= 0.3 is 7.48 Å². The fourth-order valence-electron chi connectivity index (χ4n) is 8.58. The van der Waals surface area contributed by atoms with Crippen LogP contribution >= 0.6 is 0 Å². The normalized spacial score (nSPS) is 12.1. The molecule has 6 nitrogen and oxygen atoms in total. The number of nitrogens with zero attached hydrogens (tertiary/aromatic N) is 2. The Labute approximate surface area is 378 Å². The summed E-state index contributed by atoms with van der Waals surface area (Å²) < 4.78 is 18.6. The number of aliphatic hydroxyl groups is 1. The van der Waals surface area contributed by atoms with Gasteiger partial charge in [-0.25, -0.2) is 0 Å². The number of furan rings is 2. The molecule has 0 saturated carbocycles. The average molecular weight is 844 g/mol. The first kappa shape index (κ1) is 40.2. The molecule has 11 aromatic rings. The molecule has 7 heteroatoms.